The second-order valence-corrected chi connectivity index (χ2v) is 19.0. The van der Waals surface area contributed by atoms with Crippen LogP contribution in [0.5, 0.6) is 5.75 Å². The lowest BCUT2D eigenvalue weighted by Crippen LogP contribution is -2.43. The molecule has 1 N–H and O–H groups in total. The lowest BCUT2D eigenvalue weighted by Gasteiger charge is -2.36. The predicted octanol–water partition coefficient (Wildman–Crippen LogP) is 5.68. The van der Waals surface area contributed by atoms with E-state index in [1.54, 1.807) is 22.5 Å². The van der Waals surface area contributed by atoms with E-state index in [1.807, 2.05) is 12.3 Å². The molecule has 1 saturated heterocycles. The van der Waals surface area contributed by atoms with Gasteiger partial charge in [0.2, 0.25) is 8.32 Å². The molecule has 240 valence electrons. The van der Waals surface area contributed by atoms with E-state index in [9.17, 15) is 8.42 Å². The van der Waals surface area contributed by atoms with E-state index >= 15 is 4.39 Å². The average molecular weight is 641 g/mol. The SMILES string of the molecule is C[C@@H](COCCOCCn1cc(-c2nn(C3CCCCO3)c3c(F)cc(O[Si](C)(C)C(C)(C)C)cc23)cn1)CS(=O)(=O)O. The van der Waals surface area contributed by atoms with Gasteiger partial charge in [0.15, 0.2) is 12.0 Å². The maximum atomic E-state index is 15.8. The van der Waals surface area contributed by atoms with Gasteiger partial charge in [-0.2, -0.15) is 18.6 Å². The van der Waals surface area contributed by atoms with Gasteiger partial charge in [-0.25, -0.2) is 9.07 Å². The van der Waals surface area contributed by atoms with E-state index < -0.39 is 24.3 Å². The first-order valence-corrected chi connectivity index (χ1v) is 19.3. The number of ether oxygens (including phenoxy) is 3. The lowest BCUT2D eigenvalue weighted by atomic mass is 10.1. The van der Waals surface area contributed by atoms with Gasteiger partial charge >= 0.3 is 0 Å². The van der Waals surface area contributed by atoms with Crippen LogP contribution in [0.2, 0.25) is 18.1 Å². The number of benzene rings is 1. The molecule has 4 rings (SSSR count). The molecule has 11 nitrogen and oxygen atoms in total. The highest BCUT2D eigenvalue weighted by molar-refractivity contribution is 7.85. The number of nitrogens with zero attached hydrogens (tertiary/aromatic N) is 4. The van der Waals surface area contributed by atoms with Gasteiger partial charge in [0.05, 0.1) is 44.9 Å². The normalized spacial score (nSPS) is 17.4. The fraction of sp³-hybridized carbons (Fsp3) is 0.655. The van der Waals surface area contributed by atoms with Gasteiger partial charge in [0.1, 0.15) is 17.0 Å². The molecule has 0 saturated carbocycles. The number of rotatable bonds is 14. The minimum Gasteiger partial charge on any atom is -0.543 e. The third-order valence-electron chi connectivity index (χ3n) is 7.98. The monoisotopic (exact) mass is 640 g/mol. The first kappa shape index (κ1) is 33.5. The minimum atomic E-state index is -4.01. The van der Waals surface area contributed by atoms with E-state index in [1.165, 1.54) is 6.07 Å². The summed E-state index contributed by atoms with van der Waals surface area (Å²) in [5.41, 5.74) is 1.76. The Morgan fingerprint density at radius 3 is 2.60 bits per heavy atom. The molecule has 1 aliphatic rings. The Bertz CT molecular complexity index is 1480. The van der Waals surface area contributed by atoms with Crippen LogP contribution in [0.15, 0.2) is 24.5 Å². The van der Waals surface area contributed by atoms with Crippen molar-refractivity contribution in [2.24, 2.45) is 5.92 Å². The molecule has 1 aromatic carbocycles. The number of hydrogen-bond donors (Lipinski definition) is 1. The topological polar surface area (TPSA) is 127 Å². The Morgan fingerprint density at radius 1 is 1.19 bits per heavy atom. The largest absolute Gasteiger partial charge is 0.543 e. The number of aromatic nitrogens is 4. The Hall–Kier alpha value is -2.36. The van der Waals surface area contributed by atoms with Crippen LogP contribution in [-0.4, -0.2) is 79.6 Å². The van der Waals surface area contributed by atoms with E-state index in [4.69, 9.17) is 28.3 Å². The third kappa shape index (κ3) is 8.85. The first-order valence-electron chi connectivity index (χ1n) is 14.8. The molecule has 43 heavy (non-hydrogen) atoms. The van der Waals surface area contributed by atoms with Crippen molar-refractivity contribution in [1.82, 2.24) is 19.6 Å². The van der Waals surface area contributed by atoms with Crippen molar-refractivity contribution in [2.75, 3.05) is 38.8 Å². The Kier molecular flexibility index (Phi) is 10.7. The quantitative estimate of drug-likeness (QED) is 0.135. The molecular formula is C29H45FN4O7SSi. The molecule has 2 atom stereocenters. The van der Waals surface area contributed by atoms with E-state index in [-0.39, 0.29) is 29.5 Å². The third-order valence-corrected chi connectivity index (χ3v) is 13.3. The van der Waals surface area contributed by atoms with Gasteiger partial charge in [-0.1, -0.05) is 27.7 Å². The highest BCUT2D eigenvalue weighted by Gasteiger charge is 2.39. The average Bonchev–Trinajstić information content (AvgIpc) is 3.52. The molecule has 1 unspecified atom stereocenters. The van der Waals surface area contributed by atoms with Gasteiger partial charge < -0.3 is 18.6 Å². The summed E-state index contributed by atoms with van der Waals surface area (Å²) in [6.07, 6.45) is 5.97. The molecule has 1 fully saturated rings. The van der Waals surface area contributed by atoms with Gasteiger partial charge in [-0.15, -0.1) is 0 Å². The fourth-order valence-electron chi connectivity index (χ4n) is 4.72. The summed E-state index contributed by atoms with van der Waals surface area (Å²) in [4.78, 5) is 0. The summed E-state index contributed by atoms with van der Waals surface area (Å²) < 4.78 is 73.5. The zero-order valence-corrected chi connectivity index (χ0v) is 27.8. The van der Waals surface area contributed by atoms with Crippen LogP contribution in [0.1, 0.15) is 53.2 Å². The van der Waals surface area contributed by atoms with Crippen molar-refractivity contribution >= 4 is 29.3 Å². The van der Waals surface area contributed by atoms with E-state index in [2.05, 4.69) is 39.0 Å². The van der Waals surface area contributed by atoms with Crippen molar-refractivity contribution < 1.29 is 36.0 Å². The molecule has 2 aromatic heterocycles. The summed E-state index contributed by atoms with van der Waals surface area (Å²) in [5, 5.41) is 9.95. The van der Waals surface area contributed by atoms with Crippen LogP contribution in [0.25, 0.3) is 22.2 Å². The summed E-state index contributed by atoms with van der Waals surface area (Å²) in [6, 6.07) is 3.35. The molecule has 1 aliphatic heterocycles. The lowest BCUT2D eigenvalue weighted by molar-refractivity contribution is -0.0368. The predicted molar refractivity (Wildman–Crippen MR) is 165 cm³/mol. The van der Waals surface area contributed by atoms with E-state index in [0.717, 1.165) is 24.8 Å². The number of halogens is 1. The van der Waals surface area contributed by atoms with Gasteiger partial charge in [0, 0.05) is 29.8 Å². The van der Waals surface area contributed by atoms with Crippen molar-refractivity contribution in [3.05, 3.63) is 30.3 Å². The Morgan fingerprint density at radius 2 is 1.93 bits per heavy atom. The first-order chi connectivity index (χ1) is 20.1. The van der Waals surface area contributed by atoms with Crippen LogP contribution < -0.4 is 4.43 Å². The van der Waals surface area contributed by atoms with Crippen LogP contribution in [0, 0.1) is 11.7 Å². The summed E-state index contributed by atoms with van der Waals surface area (Å²) in [6.45, 7) is 14.7. The van der Waals surface area contributed by atoms with Crippen molar-refractivity contribution in [2.45, 2.75) is 77.9 Å². The van der Waals surface area contributed by atoms with Crippen molar-refractivity contribution in [3.8, 4) is 17.0 Å². The summed E-state index contributed by atoms with van der Waals surface area (Å²) >= 11 is 0. The molecule has 0 amide bonds. The fourth-order valence-corrected chi connectivity index (χ4v) is 6.55. The Balaban J connectivity index is 1.47. The zero-order valence-electron chi connectivity index (χ0n) is 26.0. The van der Waals surface area contributed by atoms with Gasteiger partial charge in [0.25, 0.3) is 10.1 Å². The van der Waals surface area contributed by atoms with Crippen LogP contribution >= 0.6 is 0 Å². The number of fused-ring (bicyclic) bond motifs is 1. The zero-order chi connectivity index (χ0) is 31.4. The molecule has 3 aromatic rings. The molecule has 0 radical (unpaired) electrons. The van der Waals surface area contributed by atoms with Gasteiger partial charge in [-0.05, 0) is 49.4 Å². The summed E-state index contributed by atoms with van der Waals surface area (Å²) in [7, 11) is -6.22. The van der Waals surface area contributed by atoms with Crippen LogP contribution in [0.4, 0.5) is 4.39 Å². The molecule has 0 spiro atoms. The standard InChI is InChI=1S/C29H45FN4O7SSi/c1-21(20-42(35,36)37)19-39-14-13-38-12-10-33-18-22(17-31-33)27-24-15-23(41-43(5,6)29(2,3)4)16-25(30)28(24)34(32-27)26-9-7-8-11-40-26/h15-18,21,26H,7-14,19-20H2,1-6H3,(H,35,36,37)/t21-,26?/m0/s1. The van der Waals surface area contributed by atoms with E-state index in [0.29, 0.717) is 55.3 Å². The minimum absolute atomic E-state index is 0.0434. The second kappa shape index (κ2) is 13.7. The molecule has 0 aliphatic carbocycles. The maximum absolute atomic E-state index is 15.8. The molecule has 14 heteroatoms. The number of hydrogen-bond acceptors (Lipinski definition) is 8. The smallest absolute Gasteiger partial charge is 0.265 e. The maximum Gasteiger partial charge on any atom is 0.265 e. The molecular weight excluding hydrogens is 595 g/mol. The van der Waals surface area contributed by atoms with Crippen LogP contribution in [-0.2, 0) is 30.9 Å². The summed E-state index contributed by atoms with van der Waals surface area (Å²) in [5.74, 6) is -0.550. The highest BCUT2D eigenvalue weighted by Crippen LogP contribution is 2.40. The van der Waals surface area contributed by atoms with Crippen LogP contribution in [0.3, 0.4) is 0 Å². The second-order valence-electron chi connectivity index (χ2n) is 12.8. The van der Waals surface area contributed by atoms with Gasteiger partial charge in [-0.3, -0.25) is 9.23 Å². The molecule has 0 bridgehead atoms. The van der Waals surface area contributed by atoms with Crippen molar-refractivity contribution in [3.63, 3.8) is 0 Å². The highest BCUT2D eigenvalue weighted by atomic mass is 32.2. The van der Waals surface area contributed by atoms with Crippen molar-refractivity contribution in [1.29, 1.82) is 0 Å². The molecule has 3 heterocycles. The Labute approximate surface area is 254 Å².